The van der Waals surface area contributed by atoms with Crippen molar-refractivity contribution < 1.29 is 22.0 Å². The molecule has 6 nitrogen and oxygen atoms in total. The molecule has 0 spiro atoms. The Labute approximate surface area is 148 Å². The van der Waals surface area contributed by atoms with E-state index < -0.39 is 30.4 Å². The Balaban J connectivity index is 1.64. The van der Waals surface area contributed by atoms with E-state index in [0.29, 0.717) is 41.7 Å². The van der Waals surface area contributed by atoms with E-state index in [4.69, 9.17) is 0 Å². The number of halogens is 5. The lowest BCUT2D eigenvalue weighted by atomic mass is 10.3. The number of nitrogens with zero attached hydrogens (tertiary/aromatic N) is 5. The third kappa shape index (κ3) is 4.11. The molecule has 0 amide bonds. The van der Waals surface area contributed by atoms with Crippen LogP contribution < -0.4 is 15.4 Å². The third-order valence-electron chi connectivity index (χ3n) is 3.86. The minimum absolute atomic E-state index is 0.294. The second-order valence-electron chi connectivity index (χ2n) is 5.61. The average Bonchev–Trinajstić information content (AvgIpc) is 3.07. The highest BCUT2D eigenvalue weighted by Crippen LogP contribution is 2.33. The van der Waals surface area contributed by atoms with Gasteiger partial charge in [0.15, 0.2) is 10.8 Å². The lowest BCUT2D eigenvalue weighted by molar-refractivity contribution is -0.140. The first-order chi connectivity index (χ1) is 12.2. The second kappa shape index (κ2) is 7.17. The number of rotatable bonds is 4. The van der Waals surface area contributed by atoms with Crippen molar-refractivity contribution in [2.24, 2.45) is 0 Å². The van der Waals surface area contributed by atoms with E-state index in [9.17, 15) is 26.7 Å². The van der Waals surface area contributed by atoms with Crippen molar-refractivity contribution in [2.45, 2.75) is 19.1 Å². The van der Waals surface area contributed by atoms with Crippen molar-refractivity contribution in [3.8, 4) is 0 Å². The van der Waals surface area contributed by atoms with Gasteiger partial charge < -0.3 is 9.80 Å². The van der Waals surface area contributed by atoms with Crippen molar-refractivity contribution in [3.63, 3.8) is 0 Å². The number of piperazine rings is 1. The first-order valence-electron chi connectivity index (χ1n) is 7.62. The summed E-state index contributed by atoms with van der Waals surface area (Å²) in [5.41, 5.74) is -1.04. The summed E-state index contributed by atoms with van der Waals surface area (Å²) < 4.78 is 63.3. The van der Waals surface area contributed by atoms with Crippen LogP contribution in [0.2, 0.25) is 0 Å². The van der Waals surface area contributed by atoms with Crippen LogP contribution in [0, 0.1) is 0 Å². The first kappa shape index (κ1) is 18.5. The summed E-state index contributed by atoms with van der Waals surface area (Å²) in [6.45, 7) is 0.968. The molecular weight excluding hydrogens is 381 g/mol. The monoisotopic (exact) mass is 395 g/mol. The molecule has 0 radical (unpaired) electrons. The zero-order chi connectivity index (χ0) is 18.9. The fraction of sp³-hybridized carbons (Fsp3) is 0.500. The number of alkyl halides is 5. The number of aromatic nitrogens is 3. The van der Waals surface area contributed by atoms with Crippen LogP contribution in [0.25, 0.3) is 0 Å². The van der Waals surface area contributed by atoms with E-state index in [2.05, 4.69) is 10.1 Å². The van der Waals surface area contributed by atoms with Gasteiger partial charge in [0.25, 0.3) is 12.0 Å². The molecule has 0 unspecified atom stereocenters. The molecule has 3 rings (SSSR count). The summed E-state index contributed by atoms with van der Waals surface area (Å²) >= 11 is 0.930. The van der Waals surface area contributed by atoms with Gasteiger partial charge in [-0.2, -0.15) is 18.3 Å². The summed E-state index contributed by atoms with van der Waals surface area (Å²) in [7, 11) is 0. The Hall–Kier alpha value is -2.24. The molecule has 0 aliphatic carbocycles. The van der Waals surface area contributed by atoms with Crippen LogP contribution in [0.1, 0.15) is 5.69 Å². The minimum Gasteiger partial charge on any atom is -0.367 e. The summed E-state index contributed by atoms with van der Waals surface area (Å²) in [5, 5.41) is 5.01. The van der Waals surface area contributed by atoms with Gasteiger partial charge >= 0.3 is 6.18 Å². The molecular formula is C14H14F5N5OS. The van der Waals surface area contributed by atoms with Crippen LogP contribution in [0.3, 0.4) is 0 Å². The van der Waals surface area contributed by atoms with Gasteiger partial charge in [0.2, 0.25) is 0 Å². The normalized spacial score (nSPS) is 15.8. The van der Waals surface area contributed by atoms with Crippen LogP contribution in [0.5, 0.6) is 0 Å². The zero-order valence-corrected chi connectivity index (χ0v) is 14.1. The Morgan fingerprint density at radius 2 is 1.81 bits per heavy atom. The highest BCUT2D eigenvalue weighted by atomic mass is 32.1. The number of hydrogen-bond donors (Lipinski definition) is 0. The van der Waals surface area contributed by atoms with Gasteiger partial charge in [-0.3, -0.25) is 4.79 Å². The molecule has 3 heterocycles. The Bertz CT molecular complexity index is 813. The molecule has 1 saturated heterocycles. The lowest BCUT2D eigenvalue weighted by Crippen LogP contribution is -2.47. The highest BCUT2D eigenvalue weighted by Gasteiger charge is 2.34. The molecule has 142 valence electrons. The summed E-state index contributed by atoms with van der Waals surface area (Å²) in [5.74, 6) is 0. The van der Waals surface area contributed by atoms with E-state index in [1.807, 2.05) is 4.90 Å². The summed E-state index contributed by atoms with van der Waals surface area (Å²) in [6.07, 6.45) is -5.80. The van der Waals surface area contributed by atoms with Crippen molar-refractivity contribution >= 4 is 22.2 Å². The van der Waals surface area contributed by atoms with Gasteiger partial charge in [-0.15, -0.1) is 11.3 Å². The predicted molar refractivity (Wildman–Crippen MR) is 86.0 cm³/mol. The molecule has 0 atom stereocenters. The van der Waals surface area contributed by atoms with Gasteiger partial charge in [0, 0.05) is 37.6 Å². The number of thiazole rings is 1. The molecule has 1 aliphatic heterocycles. The predicted octanol–water partition coefficient (Wildman–Crippen LogP) is 2.31. The molecule has 12 heteroatoms. The van der Waals surface area contributed by atoms with Crippen LogP contribution in [0.4, 0.5) is 32.8 Å². The lowest BCUT2D eigenvalue weighted by Gasteiger charge is -2.35. The molecule has 1 aliphatic rings. The van der Waals surface area contributed by atoms with E-state index in [1.54, 1.807) is 4.90 Å². The number of anilines is 2. The molecule has 2 aromatic heterocycles. The first-order valence-corrected chi connectivity index (χ1v) is 8.50. The number of hydrogen-bond acceptors (Lipinski definition) is 6. The topological polar surface area (TPSA) is 54.3 Å². The van der Waals surface area contributed by atoms with Crippen LogP contribution in [-0.2, 0) is 12.7 Å². The maximum atomic E-state index is 12.6. The molecule has 0 N–H and O–H groups in total. The molecule has 0 aromatic carbocycles. The van der Waals surface area contributed by atoms with Crippen LogP contribution in [0.15, 0.2) is 22.4 Å². The van der Waals surface area contributed by atoms with Crippen LogP contribution >= 0.6 is 11.3 Å². The van der Waals surface area contributed by atoms with E-state index >= 15 is 0 Å². The second-order valence-corrected chi connectivity index (χ2v) is 6.45. The Kier molecular flexibility index (Phi) is 5.12. The molecule has 1 fully saturated rings. The van der Waals surface area contributed by atoms with Crippen molar-refractivity contribution in [1.29, 1.82) is 0 Å². The highest BCUT2D eigenvalue weighted by molar-refractivity contribution is 7.13. The van der Waals surface area contributed by atoms with Crippen molar-refractivity contribution in [1.82, 2.24) is 14.8 Å². The summed E-state index contributed by atoms with van der Waals surface area (Å²) in [6, 6.07) is 1.23. The van der Waals surface area contributed by atoms with Gasteiger partial charge in [-0.25, -0.2) is 18.4 Å². The van der Waals surface area contributed by atoms with E-state index in [-0.39, 0.29) is 0 Å². The molecule has 0 saturated carbocycles. The standard InChI is InChI=1S/C14H14F5N5OS/c15-11(16)7-24-12(25)5-9(6-20-24)22-1-3-23(4-2-22)13-21-10(8-26-13)14(17,18)19/h5-6,8,11H,1-4,7H2. The van der Waals surface area contributed by atoms with E-state index in [0.717, 1.165) is 16.7 Å². The van der Waals surface area contributed by atoms with Gasteiger partial charge in [0.1, 0.15) is 6.54 Å². The molecule has 0 bridgehead atoms. The molecule has 26 heavy (non-hydrogen) atoms. The largest absolute Gasteiger partial charge is 0.434 e. The fourth-order valence-electron chi connectivity index (χ4n) is 2.56. The Morgan fingerprint density at radius 1 is 1.15 bits per heavy atom. The van der Waals surface area contributed by atoms with Gasteiger partial charge in [0.05, 0.1) is 11.9 Å². The third-order valence-corrected chi connectivity index (χ3v) is 4.77. The average molecular weight is 395 g/mol. The maximum absolute atomic E-state index is 12.6. The molecule has 2 aromatic rings. The van der Waals surface area contributed by atoms with Crippen molar-refractivity contribution in [3.05, 3.63) is 33.7 Å². The maximum Gasteiger partial charge on any atom is 0.434 e. The summed E-state index contributed by atoms with van der Waals surface area (Å²) in [4.78, 5) is 19.0. The van der Waals surface area contributed by atoms with Gasteiger partial charge in [-0.05, 0) is 0 Å². The smallest absolute Gasteiger partial charge is 0.367 e. The fourth-order valence-corrected chi connectivity index (χ4v) is 3.45. The SMILES string of the molecule is O=c1cc(N2CCN(c3nc(C(F)(F)F)cs3)CC2)cnn1CC(F)F. The van der Waals surface area contributed by atoms with Crippen LogP contribution in [-0.4, -0.2) is 47.4 Å². The zero-order valence-electron chi connectivity index (χ0n) is 13.3. The van der Waals surface area contributed by atoms with Crippen molar-refractivity contribution in [2.75, 3.05) is 36.0 Å². The Morgan fingerprint density at radius 3 is 2.35 bits per heavy atom. The van der Waals surface area contributed by atoms with Gasteiger partial charge in [-0.1, -0.05) is 0 Å². The minimum atomic E-state index is -4.47. The quantitative estimate of drug-likeness (QED) is 0.744. The van der Waals surface area contributed by atoms with E-state index in [1.165, 1.54) is 12.3 Å².